The number of rotatable bonds is 2. The van der Waals surface area contributed by atoms with Crippen molar-refractivity contribution in [2.75, 3.05) is 6.79 Å². The average Bonchev–Trinajstić information content (AvgIpc) is 2.82. The molecule has 3 nitrogen and oxygen atoms in total. The third-order valence-corrected chi connectivity index (χ3v) is 2.83. The molecule has 2 aromatic carbocycles. The lowest BCUT2D eigenvalue weighted by atomic mass is 10.2. The number of hydrogen-bond acceptors (Lipinski definition) is 3. The van der Waals surface area contributed by atoms with E-state index in [-0.39, 0.29) is 18.1 Å². The van der Waals surface area contributed by atoms with Gasteiger partial charge < -0.3 is 14.2 Å². The molecule has 2 aromatic rings. The van der Waals surface area contributed by atoms with E-state index in [1.165, 1.54) is 6.92 Å². The molecule has 0 aromatic heterocycles. The first-order valence-electron chi connectivity index (χ1n) is 5.66. The maximum absolute atomic E-state index is 13.4. The summed E-state index contributed by atoms with van der Waals surface area (Å²) >= 11 is 0. The number of fused-ring (bicyclic) bond motifs is 1. The van der Waals surface area contributed by atoms with Gasteiger partial charge in [-0.15, -0.1) is 0 Å². The smallest absolute Gasteiger partial charge is 0.231 e. The molecule has 0 aliphatic carbocycles. The van der Waals surface area contributed by atoms with Gasteiger partial charge in [-0.25, -0.2) is 8.78 Å². The van der Waals surface area contributed by atoms with E-state index in [1.54, 1.807) is 18.2 Å². The van der Waals surface area contributed by atoms with Gasteiger partial charge in [0.25, 0.3) is 0 Å². The molecule has 3 rings (SSSR count). The monoisotopic (exact) mass is 264 g/mol. The van der Waals surface area contributed by atoms with Crippen LogP contribution in [-0.4, -0.2) is 6.79 Å². The van der Waals surface area contributed by atoms with Crippen molar-refractivity contribution in [3.63, 3.8) is 0 Å². The van der Waals surface area contributed by atoms with Crippen molar-refractivity contribution in [2.45, 2.75) is 6.92 Å². The Balaban J connectivity index is 1.93. The first-order chi connectivity index (χ1) is 9.13. The van der Waals surface area contributed by atoms with Gasteiger partial charge in [0, 0.05) is 23.8 Å². The summed E-state index contributed by atoms with van der Waals surface area (Å²) in [5.74, 6) is 0.407. The summed E-state index contributed by atoms with van der Waals surface area (Å²) in [4.78, 5) is 0. The molecule has 0 unspecified atom stereocenters. The van der Waals surface area contributed by atoms with E-state index >= 15 is 0 Å². The number of benzene rings is 2. The van der Waals surface area contributed by atoms with E-state index in [2.05, 4.69) is 0 Å². The Bertz CT molecular complexity index is 641. The second kappa shape index (κ2) is 4.42. The molecule has 1 heterocycles. The van der Waals surface area contributed by atoms with E-state index < -0.39 is 11.6 Å². The van der Waals surface area contributed by atoms with Crippen molar-refractivity contribution < 1.29 is 23.0 Å². The van der Waals surface area contributed by atoms with Crippen LogP contribution >= 0.6 is 0 Å². The first-order valence-corrected chi connectivity index (χ1v) is 5.66. The quantitative estimate of drug-likeness (QED) is 0.825. The van der Waals surface area contributed by atoms with Crippen molar-refractivity contribution in [2.24, 2.45) is 0 Å². The molecule has 0 atom stereocenters. The number of halogens is 2. The molecule has 98 valence electrons. The van der Waals surface area contributed by atoms with Gasteiger partial charge in [-0.1, -0.05) is 0 Å². The molecule has 0 N–H and O–H groups in total. The standard InChI is InChI=1S/C14H10F2O3/c1-8-11(16)4-9(15)5-13(8)19-10-2-3-12-14(6-10)18-7-17-12/h2-6H,7H2,1H3. The number of ether oxygens (including phenoxy) is 3. The zero-order chi connectivity index (χ0) is 13.4. The highest BCUT2D eigenvalue weighted by Crippen LogP contribution is 2.37. The second-order valence-corrected chi connectivity index (χ2v) is 4.13. The Morgan fingerprint density at radius 3 is 2.68 bits per heavy atom. The van der Waals surface area contributed by atoms with Crippen molar-refractivity contribution in [1.29, 1.82) is 0 Å². The van der Waals surface area contributed by atoms with Crippen LogP contribution in [0.5, 0.6) is 23.0 Å². The third-order valence-electron chi connectivity index (χ3n) is 2.83. The predicted molar refractivity (Wildman–Crippen MR) is 63.7 cm³/mol. The minimum absolute atomic E-state index is 0.136. The normalized spacial score (nSPS) is 12.6. The lowest BCUT2D eigenvalue weighted by Gasteiger charge is -2.10. The van der Waals surface area contributed by atoms with E-state index in [0.29, 0.717) is 17.2 Å². The largest absolute Gasteiger partial charge is 0.457 e. The first kappa shape index (κ1) is 11.8. The van der Waals surface area contributed by atoms with Gasteiger partial charge in [-0.3, -0.25) is 0 Å². The molecule has 0 fully saturated rings. The molecule has 0 radical (unpaired) electrons. The Morgan fingerprint density at radius 2 is 1.84 bits per heavy atom. The molecule has 1 aliphatic heterocycles. The highest BCUT2D eigenvalue weighted by molar-refractivity contribution is 5.48. The minimum Gasteiger partial charge on any atom is -0.457 e. The van der Waals surface area contributed by atoms with Crippen LogP contribution in [0.1, 0.15) is 5.56 Å². The Morgan fingerprint density at radius 1 is 1.05 bits per heavy atom. The van der Waals surface area contributed by atoms with Gasteiger partial charge in [-0.2, -0.15) is 0 Å². The molecular weight excluding hydrogens is 254 g/mol. The van der Waals surface area contributed by atoms with Crippen LogP contribution in [0.4, 0.5) is 8.78 Å². The van der Waals surface area contributed by atoms with Gasteiger partial charge >= 0.3 is 0 Å². The molecular formula is C14H10F2O3. The fraction of sp³-hybridized carbons (Fsp3) is 0.143. The number of hydrogen-bond donors (Lipinski definition) is 0. The lowest BCUT2D eigenvalue weighted by molar-refractivity contribution is 0.174. The van der Waals surface area contributed by atoms with Crippen molar-refractivity contribution in [3.8, 4) is 23.0 Å². The van der Waals surface area contributed by atoms with E-state index in [9.17, 15) is 8.78 Å². The molecule has 0 bridgehead atoms. The zero-order valence-corrected chi connectivity index (χ0v) is 10.1. The second-order valence-electron chi connectivity index (χ2n) is 4.13. The summed E-state index contributed by atoms with van der Waals surface area (Å²) in [5.41, 5.74) is 0.249. The summed E-state index contributed by atoms with van der Waals surface area (Å²) in [6.45, 7) is 1.68. The average molecular weight is 264 g/mol. The highest BCUT2D eigenvalue weighted by atomic mass is 19.1. The molecule has 5 heteroatoms. The Labute approximate surface area is 108 Å². The van der Waals surface area contributed by atoms with Crippen LogP contribution < -0.4 is 14.2 Å². The summed E-state index contributed by atoms with van der Waals surface area (Å²) in [6.07, 6.45) is 0. The van der Waals surface area contributed by atoms with Crippen LogP contribution in [0.3, 0.4) is 0 Å². The van der Waals surface area contributed by atoms with Crippen molar-refractivity contribution in [1.82, 2.24) is 0 Å². The summed E-state index contributed by atoms with van der Waals surface area (Å²) < 4.78 is 42.4. The van der Waals surface area contributed by atoms with Crippen LogP contribution in [0.25, 0.3) is 0 Å². The molecule has 0 saturated heterocycles. The van der Waals surface area contributed by atoms with Crippen molar-refractivity contribution >= 4 is 0 Å². The summed E-state index contributed by atoms with van der Waals surface area (Å²) in [6, 6.07) is 6.91. The van der Waals surface area contributed by atoms with Crippen molar-refractivity contribution in [3.05, 3.63) is 47.5 Å². The molecule has 0 spiro atoms. The molecule has 1 aliphatic rings. The third kappa shape index (κ3) is 2.19. The molecule has 0 saturated carbocycles. The fourth-order valence-corrected chi connectivity index (χ4v) is 1.80. The van der Waals surface area contributed by atoms with Gasteiger partial charge in [0.2, 0.25) is 6.79 Å². The molecule has 0 amide bonds. The van der Waals surface area contributed by atoms with Gasteiger partial charge in [0.05, 0.1) is 0 Å². The van der Waals surface area contributed by atoms with Gasteiger partial charge in [0.15, 0.2) is 11.5 Å². The Hall–Kier alpha value is -2.30. The maximum Gasteiger partial charge on any atom is 0.231 e. The van der Waals surface area contributed by atoms with Crippen LogP contribution in [0.15, 0.2) is 30.3 Å². The predicted octanol–water partition coefficient (Wildman–Crippen LogP) is 3.79. The zero-order valence-electron chi connectivity index (χ0n) is 10.1. The van der Waals surface area contributed by atoms with Crippen LogP contribution in [-0.2, 0) is 0 Å². The summed E-state index contributed by atoms with van der Waals surface area (Å²) in [7, 11) is 0. The minimum atomic E-state index is -0.682. The Kier molecular flexibility index (Phi) is 2.74. The van der Waals surface area contributed by atoms with Crippen LogP contribution in [0, 0.1) is 18.6 Å². The van der Waals surface area contributed by atoms with Gasteiger partial charge in [-0.05, 0) is 19.1 Å². The van der Waals surface area contributed by atoms with Gasteiger partial charge in [0.1, 0.15) is 23.1 Å². The topological polar surface area (TPSA) is 27.7 Å². The maximum atomic E-state index is 13.4. The molecule has 19 heavy (non-hydrogen) atoms. The van der Waals surface area contributed by atoms with Crippen LogP contribution in [0.2, 0.25) is 0 Å². The lowest BCUT2D eigenvalue weighted by Crippen LogP contribution is -1.93. The summed E-state index contributed by atoms with van der Waals surface area (Å²) in [5, 5.41) is 0. The SMILES string of the molecule is Cc1c(F)cc(F)cc1Oc1ccc2c(c1)OCO2. The highest BCUT2D eigenvalue weighted by Gasteiger charge is 2.15. The fourth-order valence-electron chi connectivity index (χ4n) is 1.80. The van der Waals surface area contributed by atoms with E-state index in [0.717, 1.165) is 12.1 Å². The van der Waals surface area contributed by atoms with E-state index in [1.807, 2.05) is 0 Å². The van der Waals surface area contributed by atoms with E-state index in [4.69, 9.17) is 14.2 Å².